The van der Waals surface area contributed by atoms with Crippen molar-refractivity contribution in [3.8, 4) is 5.88 Å². The lowest BCUT2D eigenvalue weighted by molar-refractivity contribution is 0.397. The molecule has 0 unspecified atom stereocenters. The van der Waals surface area contributed by atoms with Gasteiger partial charge in [0.15, 0.2) is 0 Å². The zero-order valence-electron chi connectivity index (χ0n) is 4.84. The molecular weight excluding hydrogens is 142 g/mol. The van der Waals surface area contributed by atoms with Gasteiger partial charge in [-0.1, -0.05) is 11.6 Å². The van der Waals surface area contributed by atoms with E-state index < -0.39 is 0 Å². The molecule has 0 atom stereocenters. The molecule has 0 saturated heterocycles. The first-order chi connectivity index (χ1) is 4.33. The van der Waals surface area contributed by atoms with E-state index >= 15 is 0 Å². The molecule has 0 aliphatic carbocycles. The first-order valence-corrected chi connectivity index (χ1v) is 2.72. The van der Waals surface area contributed by atoms with E-state index in [4.69, 9.17) is 16.3 Å². The van der Waals surface area contributed by atoms with Crippen LogP contribution in [0.3, 0.4) is 0 Å². The molecule has 0 spiro atoms. The van der Waals surface area contributed by atoms with E-state index in [0.29, 0.717) is 11.0 Å². The molecule has 0 bridgehead atoms. The summed E-state index contributed by atoms with van der Waals surface area (Å²) in [6, 6.07) is 1.54. The van der Waals surface area contributed by atoms with E-state index in [1.165, 1.54) is 13.4 Å². The number of hydrogen-bond acceptors (Lipinski definition) is 3. The van der Waals surface area contributed by atoms with E-state index in [1.807, 2.05) is 0 Å². The van der Waals surface area contributed by atoms with Gasteiger partial charge in [0.2, 0.25) is 5.88 Å². The van der Waals surface area contributed by atoms with Gasteiger partial charge in [0.1, 0.15) is 11.5 Å². The number of rotatable bonds is 1. The molecule has 0 aromatic carbocycles. The molecule has 3 nitrogen and oxygen atoms in total. The number of ether oxygens (including phenoxy) is 1. The zero-order valence-corrected chi connectivity index (χ0v) is 5.59. The quantitative estimate of drug-likeness (QED) is 0.559. The molecule has 1 heterocycles. The molecule has 0 N–H and O–H groups in total. The largest absolute Gasteiger partial charge is 0.481 e. The van der Waals surface area contributed by atoms with Crippen LogP contribution in [0.4, 0.5) is 0 Å². The van der Waals surface area contributed by atoms with Gasteiger partial charge in [-0.25, -0.2) is 9.97 Å². The number of aromatic nitrogens is 2. The third kappa shape index (κ3) is 1.54. The first kappa shape index (κ1) is 6.29. The molecule has 9 heavy (non-hydrogen) atoms. The third-order valence-electron chi connectivity index (χ3n) is 0.818. The zero-order chi connectivity index (χ0) is 6.69. The van der Waals surface area contributed by atoms with Crippen LogP contribution in [0.25, 0.3) is 0 Å². The van der Waals surface area contributed by atoms with Crippen LogP contribution in [0.5, 0.6) is 5.88 Å². The van der Waals surface area contributed by atoms with E-state index in [-0.39, 0.29) is 0 Å². The Bertz CT molecular complexity index is 204. The highest BCUT2D eigenvalue weighted by Gasteiger charge is 1.91. The van der Waals surface area contributed by atoms with E-state index in [9.17, 15) is 0 Å². The fourth-order valence-corrected chi connectivity index (χ4v) is 0.566. The normalized spacial score (nSPS) is 9.11. The smallest absolute Gasteiger partial charge is 0.217 e. The van der Waals surface area contributed by atoms with E-state index in [2.05, 4.69) is 9.97 Å². The van der Waals surface area contributed by atoms with Crippen molar-refractivity contribution in [3.63, 3.8) is 0 Å². The Labute approximate surface area is 57.7 Å². The third-order valence-corrected chi connectivity index (χ3v) is 1.02. The summed E-state index contributed by atoms with van der Waals surface area (Å²) in [6.07, 6.45) is 1.35. The van der Waals surface area contributed by atoms with Crippen LogP contribution in [0.2, 0.25) is 5.15 Å². The van der Waals surface area contributed by atoms with Gasteiger partial charge < -0.3 is 4.74 Å². The molecule has 1 aromatic heterocycles. The highest BCUT2D eigenvalue weighted by atomic mass is 35.5. The molecule has 0 aliphatic rings. The van der Waals surface area contributed by atoms with Crippen molar-refractivity contribution >= 4 is 11.6 Å². The maximum atomic E-state index is 5.49. The Hall–Kier alpha value is -0.830. The van der Waals surface area contributed by atoms with Crippen LogP contribution in [0, 0.1) is 0 Å². The van der Waals surface area contributed by atoms with Crippen LogP contribution in [0.1, 0.15) is 0 Å². The Balaban J connectivity index is 2.94. The second kappa shape index (κ2) is 2.64. The molecule has 0 aliphatic heterocycles. The van der Waals surface area contributed by atoms with Crippen molar-refractivity contribution in [1.29, 1.82) is 0 Å². The Morgan fingerprint density at radius 2 is 2.33 bits per heavy atom. The molecule has 48 valence electrons. The van der Waals surface area contributed by atoms with Crippen LogP contribution < -0.4 is 4.74 Å². The molecule has 0 saturated carbocycles. The van der Waals surface area contributed by atoms with Crippen molar-refractivity contribution in [3.05, 3.63) is 17.5 Å². The molecule has 0 radical (unpaired) electrons. The van der Waals surface area contributed by atoms with Gasteiger partial charge in [-0.15, -0.1) is 0 Å². The predicted octanol–water partition coefficient (Wildman–Crippen LogP) is 1.14. The lowest BCUT2D eigenvalue weighted by Crippen LogP contribution is -1.86. The van der Waals surface area contributed by atoms with Crippen LogP contribution in [-0.4, -0.2) is 17.1 Å². The predicted molar refractivity (Wildman–Crippen MR) is 33.6 cm³/mol. The average molecular weight is 148 g/mol. The number of methoxy groups -OCH3 is 1. The Morgan fingerprint density at radius 3 is 2.78 bits per heavy atom. The van der Waals surface area contributed by atoms with E-state index in [0.717, 1.165) is 0 Å². The van der Waals surface area contributed by atoms with Crippen molar-refractivity contribution in [2.45, 2.75) is 0 Å². The van der Waals surface area contributed by atoms with Gasteiger partial charge in [0.05, 0.1) is 7.11 Å². The van der Waals surface area contributed by atoms with Gasteiger partial charge in [-0.3, -0.25) is 0 Å². The molecular formula is C5H5ClN2O. The summed E-state index contributed by atoms with van der Waals surface area (Å²) >= 11 is 5.49. The number of halogens is 1. The maximum absolute atomic E-state index is 5.49. The molecule has 0 fully saturated rings. The van der Waals surface area contributed by atoms with Crippen molar-refractivity contribution < 1.29 is 4.74 Å². The van der Waals surface area contributed by atoms with Gasteiger partial charge in [0, 0.05) is 6.07 Å². The van der Waals surface area contributed by atoms with Gasteiger partial charge in [-0.2, -0.15) is 0 Å². The fourth-order valence-electron chi connectivity index (χ4n) is 0.429. The minimum atomic E-state index is 0.391. The first-order valence-electron chi connectivity index (χ1n) is 2.34. The Morgan fingerprint density at radius 1 is 1.56 bits per heavy atom. The second-order valence-electron chi connectivity index (χ2n) is 1.38. The van der Waals surface area contributed by atoms with Crippen molar-refractivity contribution in [2.75, 3.05) is 7.11 Å². The topological polar surface area (TPSA) is 35.0 Å². The van der Waals surface area contributed by atoms with Crippen molar-refractivity contribution in [2.24, 2.45) is 0 Å². The summed E-state index contributed by atoms with van der Waals surface area (Å²) in [5, 5.41) is 0.391. The van der Waals surface area contributed by atoms with Gasteiger partial charge >= 0.3 is 0 Å². The maximum Gasteiger partial charge on any atom is 0.217 e. The van der Waals surface area contributed by atoms with E-state index in [1.54, 1.807) is 6.07 Å². The minimum absolute atomic E-state index is 0.391. The molecule has 1 rings (SSSR count). The highest BCUT2D eigenvalue weighted by Crippen LogP contribution is 2.09. The summed E-state index contributed by atoms with van der Waals surface area (Å²) in [5.41, 5.74) is 0. The summed E-state index contributed by atoms with van der Waals surface area (Å²) in [5.74, 6) is 0.481. The SMILES string of the molecule is CO[13c]1[13cH][13c](Cl)ncn1. The summed E-state index contributed by atoms with van der Waals surface area (Å²) < 4.78 is 4.76. The molecule has 0 amide bonds. The standard InChI is InChI=1S/C5H5ClN2O/c1-9-5-2-4(6)7-3-8-5/h2-3H,1H3/i2+1,4+1,5+1. The highest BCUT2D eigenvalue weighted by molar-refractivity contribution is 6.29. The minimum Gasteiger partial charge on any atom is -0.481 e. The van der Waals surface area contributed by atoms with Crippen LogP contribution in [-0.2, 0) is 0 Å². The average Bonchev–Trinajstić information content (AvgIpc) is 1.88. The monoisotopic (exact) mass is 147 g/mol. The molecule has 4 heteroatoms. The second-order valence-corrected chi connectivity index (χ2v) is 1.77. The summed E-state index contributed by atoms with van der Waals surface area (Å²) in [7, 11) is 1.53. The lowest BCUT2D eigenvalue weighted by atomic mass is 11.3. The van der Waals surface area contributed by atoms with Crippen LogP contribution in [0.15, 0.2) is 12.4 Å². The molecule has 1 aromatic rings. The summed E-state index contributed by atoms with van der Waals surface area (Å²) in [6.45, 7) is 0. The summed E-state index contributed by atoms with van der Waals surface area (Å²) in [4.78, 5) is 7.40. The fraction of sp³-hybridized carbons (Fsp3) is 0.200. The lowest BCUT2D eigenvalue weighted by Gasteiger charge is -1.94. The van der Waals surface area contributed by atoms with Gasteiger partial charge in [-0.05, 0) is 0 Å². The van der Waals surface area contributed by atoms with Gasteiger partial charge in [0.25, 0.3) is 0 Å². The Kier molecular flexibility index (Phi) is 1.85. The van der Waals surface area contributed by atoms with Crippen molar-refractivity contribution in [1.82, 2.24) is 9.97 Å². The van der Waals surface area contributed by atoms with Crippen LogP contribution >= 0.6 is 11.6 Å². The number of hydrogen-bond donors (Lipinski definition) is 0. The number of nitrogens with zero attached hydrogens (tertiary/aromatic N) is 2.